The highest BCUT2D eigenvalue weighted by Gasteiger charge is 2.11. The van der Waals surface area contributed by atoms with E-state index in [1.807, 2.05) is 0 Å². The number of aryl methyl sites for hydroxylation is 2. The van der Waals surface area contributed by atoms with Gasteiger partial charge in [0, 0.05) is 6.04 Å². The molecule has 1 aromatic rings. The molecule has 0 radical (unpaired) electrons. The summed E-state index contributed by atoms with van der Waals surface area (Å²) >= 11 is 0. The first kappa shape index (κ1) is 15.2. The molecule has 0 fully saturated rings. The minimum Gasteiger partial charge on any atom is -0.314 e. The van der Waals surface area contributed by atoms with Crippen LogP contribution in [0.15, 0.2) is 18.2 Å². The molecule has 2 heteroatoms. The first-order valence-electron chi connectivity index (χ1n) is 6.97. The molecule has 0 saturated heterocycles. The highest BCUT2D eigenvalue weighted by molar-refractivity contribution is 5.34. The van der Waals surface area contributed by atoms with Crippen LogP contribution in [0.2, 0.25) is 0 Å². The maximum atomic E-state index is 3.61. The molecule has 1 rings (SSSR count). The Morgan fingerprint density at radius 2 is 1.78 bits per heavy atom. The summed E-state index contributed by atoms with van der Waals surface area (Å²) in [7, 11) is 4.28. The van der Waals surface area contributed by atoms with Crippen LogP contribution in [0.1, 0.15) is 30.0 Å². The summed E-state index contributed by atoms with van der Waals surface area (Å²) in [6.45, 7) is 8.81. The van der Waals surface area contributed by atoms with Crippen LogP contribution in [-0.2, 0) is 6.42 Å². The van der Waals surface area contributed by atoms with Crippen LogP contribution in [0.25, 0.3) is 0 Å². The topological polar surface area (TPSA) is 15.3 Å². The van der Waals surface area contributed by atoms with Crippen molar-refractivity contribution in [3.05, 3.63) is 34.9 Å². The third kappa shape index (κ3) is 4.79. The molecule has 0 bridgehead atoms. The largest absolute Gasteiger partial charge is 0.314 e. The van der Waals surface area contributed by atoms with Gasteiger partial charge in [0.2, 0.25) is 0 Å². The lowest BCUT2D eigenvalue weighted by molar-refractivity contribution is 0.358. The third-order valence-electron chi connectivity index (χ3n) is 3.51. The van der Waals surface area contributed by atoms with Gasteiger partial charge in [-0.1, -0.05) is 25.1 Å². The SMILES string of the molecule is CCNC(CCN(C)C)Cc1c(C)cccc1C. The van der Waals surface area contributed by atoms with E-state index in [2.05, 4.69) is 63.3 Å². The summed E-state index contributed by atoms with van der Waals surface area (Å²) in [6, 6.07) is 7.17. The van der Waals surface area contributed by atoms with Crippen LogP contribution in [-0.4, -0.2) is 38.1 Å². The highest BCUT2D eigenvalue weighted by Crippen LogP contribution is 2.16. The molecule has 0 saturated carbocycles. The van der Waals surface area contributed by atoms with Gasteiger partial charge >= 0.3 is 0 Å². The van der Waals surface area contributed by atoms with Gasteiger partial charge in [0.05, 0.1) is 0 Å². The van der Waals surface area contributed by atoms with Crippen molar-refractivity contribution < 1.29 is 0 Å². The van der Waals surface area contributed by atoms with E-state index >= 15 is 0 Å². The van der Waals surface area contributed by atoms with Crippen molar-refractivity contribution in [3.8, 4) is 0 Å². The Morgan fingerprint density at radius 1 is 1.17 bits per heavy atom. The first-order valence-corrected chi connectivity index (χ1v) is 6.97. The van der Waals surface area contributed by atoms with Crippen LogP contribution in [0.5, 0.6) is 0 Å². The van der Waals surface area contributed by atoms with Gasteiger partial charge in [-0.05, 0) is 70.6 Å². The van der Waals surface area contributed by atoms with Crippen molar-refractivity contribution in [2.24, 2.45) is 0 Å². The van der Waals surface area contributed by atoms with Gasteiger partial charge in [-0.2, -0.15) is 0 Å². The fraction of sp³-hybridized carbons (Fsp3) is 0.625. The predicted molar refractivity (Wildman–Crippen MR) is 80.3 cm³/mol. The number of hydrogen-bond donors (Lipinski definition) is 1. The van der Waals surface area contributed by atoms with Crippen molar-refractivity contribution in [2.75, 3.05) is 27.2 Å². The maximum absolute atomic E-state index is 3.61. The lowest BCUT2D eigenvalue weighted by Crippen LogP contribution is -2.34. The van der Waals surface area contributed by atoms with Gasteiger partial charge in [-0.25, -0.2) is 0 Å². The van der Waals surface area contributed by atoms with Crippen LogP contribution in [0, 0.1) is 13.8 Å². The van der Waals surface area contributed by atoms with Gasteiger partial charge < -0.3 is 10.2 Å². The highest BCUT2D eigenvalue weighted by atomic mass is 15.1. The molecule has 18 heavy (non-hydrogen) atoms. The third-order valence-corrected chi connectivity index (χ3v) is 3.51. The minimum atomic E-state index is 0.581. The molecule has 0 aliphatic rings. The Labute approximate surface area is 112 Å². The molecule has 2 nitrogen and oxygen atoms in total. The molecule has 102 valence electrons. The second-order valence-electron chi connectivity index (χ2n) is 5.42. The molecule has 0 amide bonds. The Hall–Kier alpha value is -0.860. The molecule has 0 aliphatic heterocycles. The van der Waals surface area contributed by atoms with Gasteiger partial charge in [-0.3, -0.25) is 0 Å². The standard InChI is InChI=1S/C16H28N2/c1-6-17-15(10-11-18(4)5)12-16-13(2)8-7-9-14(16)3/h7-9,15,17H,6,10-12H2,1-5H3. The Balaban J connectivity index is 2.70. The van der Waals surface area contributed by atoms with Crippen molar-refractivity contribution in [1.82, 2.24) is 10.2 Å². The molecule has 0 aliphatic carbocycles. The lowest BCUT2D eigenvalue weighted by Gasteiger charge is -2.22. The Kier molecular flexibility index (Phi) is 6.37. The number of likely N-dealkylation sites (N-methyl/N-ethyl adjacent to an activating group) is 1. The molecule has 0 heterocycles. The zero-order chi connectivity index (χ0) is 13.5. The van der Waals surface area contributed by atoms with E-state index in [4.69, 9.17) is 0 Å². The van der Waals surface area contributed by atoms with Crippen LogP contribution >= 0.6 is 0 Å². The average molecular weight is 248 g/mol. The second kappa shape index (κ2) is 7.55. The van der Waals surface area contributed by atoms with Crippen LogP contribution in [0.4, 0.5) is 0 Å². The van der Waals surface area contributed by atoms with Gasteiger partial charge in [-0.15, -0.1) is 0 Å². The van der Waals surface area contributed by atoms with Crippen molar-refractivity contribution in [2.45, 2.75) is 39.7 Å². The van der Waals surface area contributed by atoms with Gasteiger partial charge in [0.15, 0.2) is 0 Å². The minimum absolute atomic E-state index is 0.581. The van der Waals surface area contributed by atoms with Crippen molar-refractivity contribution >= 4 is 0 Å². The Bertz CT molecular complexity index is 338. The zero-order valence-electron chi connectivity index (χ0n) is 12.6. The van der Waals surface area contributed by atoms with E-state index in [0.29, 0.717) is 6.04 Å². The van der Waals surface area contributed by atoms with E-state index in [9.17, 15) is 0 Å². The predicted octanol–water partition coefficient (Wildman–Crippen LogP) is 2.78. The summed E-state index contributed by atoms with van der Waals surface area (Å²) in [5, 5.41) is 3.61. The number of nitrogens with zero attached hydrogens (tertiary/aromatic N) is 1. The number of hydrogen-bond acceptors (Lipinski definition) is 2. The number of rotatable bonds is 7. The molecular weight excluding hydrogens is 220 g/mol. The molecular formula is C16H28N2. The maximum Gasteiger partial charge on any atom is 0.0120 e. The van der Waals surface area contributed by atoms with Crippen LogP contribution < -0.4 is 5.32 Å². The molecule has 0 aromatic heterocycles. The normalized spacial score (nSPS) is 13.0. The fourth-order valence-electron chi connectivity index (χ4n) is 2.40. The molecule has 1 N–H and O–H groups in total. The number of nitrogens with one attached hydrogen (secondary N) is 1. The fourth-order valence-corrected chi connectivity index (χ4v) is 2.40. The second-order valence-corrected chi connectivity index (χ2v) is 5.42. The summed E-state index contributed by atoms with van der Waals surface area (Å²) in [5.74, 6) is 0. The van der Waals surface area contributed by atoms with E-state index in [-0.39, 0.29) is 0 Å². The van der Waals surface area contributed by atoms with Crippen LogP contribution in [0.3, 0.4) is 0 Å². The van der Waals surface area contributed by atoms with E-state index in [0.717, 1.165) is 19.5 Å². The molecule has 0 spiro atoms. The smallest absolute Gasteiger partial charge is 0.0120 e. The van der Waals surface area contributed by atoms with Gasteiger partial charge in [0.25, 0.3) is 0 Å². The van der Waals surface area contributed by atoms with E-state index < -0.39 is 0 Å². The molecule has 1 atom stereocenters. The van der Waals surface area contributed by atoms with Crippen molar-refractivity contribution in [3.63, 3.8) is 0 Å². The number of benzene rings is 1. The zero-order valence-corrected chi connectivity index (χ0v) is 12.6. The summed E-state index contributed by atoms with van der Waals surface area (Å²) in [5.41, 5.74) is 4.35. The first-order chi connectivity index (χ1) is 8.54. The Morgan fingerprint density at radius 3 is 2.28 bits per heavy atom. The van der Waals surface area contributed by atoms with E-state index in [1.165, 1.54) is 23.1 Å². The average Bonchev–Trinajstić information content (AvgIpc) is 2.30. The molecule has 1 unspecified atom stereocenters. The van der Waals surface area contributed by atoms with E-state index in [1.54, 1.807) is 0 Å². The lowest BCUT2D eigenvalue weighted by atomic mass is 9.95. The monoisotopic (exact) mass is 248 g/mol. The van der Waals surface area contributed by atoms with Crippen molar-refractivity contribution in [1.29, 1.82) is 0 Å². The summed E-state index contributed by atoms with van der Waals surface area (Å²) in [6.07, 6.45) is 2.34. The quantitative estimate of drug-likeness (QED) is 0.798. The summed E-state index contributed by atoms with van der Waals surface area (Å²) in [4.78, 5) is 2.26. The van der Waals surface area contributed by atoms with Gasteiger partial charge in [0.1, 0.15) is 0 Å². The summed E-state index contributed by atoms with van der Waals surface area (Å²) < 4.78 is 0. The molecule has 1 aromatic carbocycles.